The van der Waals surface area contributed by atoms with Gasteiger partial charge in [0.05, 0.1) is 0 Å². The lowest BCUT2D eigenvalue weighted by Crippen LogP contribution is -2.26. The van der Waals surface area contributed by atoms with E-state index in [4.69, 9.17) is 0 Å². The lowest BCUT2D eigenvalue weighted by Gasteiger charge is -2.31. The van der Waals surface area contributed by atoms with E-state index in [1.165, 1.54) is 38.5 Å². The molecule has 1 rings (SSSR count). The molecule has 1 heteroatoms. The van der Waals surface area contributed by atoms with E-state index in [0.29, 0.717) is 3.42 Å². The molecule has 0 aromatic heterocycles. The second-order valence-electron chi connectivity index (χ2n) is 4.13. The standard InChI is InChI=1S/C10H19I/c1-9-7-5-3-4-6-8-10(9,2)11/h9H,3-8H2,1-2H3. The molecule has 1 fully saturated rings. The van der Waals surface area contributed by atoms with E-state index in [-0.39, 0.29) is 0 Å². The minimum absolute atomic E-state index is 0.582. The molecule has 0 bridgehead atoms. The van der Waals surface area contributed by atoms with E-state index in [2.05, 4.69) is 36.4 Å². The summed E-state index contributed by atoms with van der Waals surface area (Å²) in [6.45, 7) is 4.83. The predicted molar refractivity (Wildman–Crippen MR) is 59.3 cm³/mol. The smallest absolute Gasteiger partial charge is 0.0219 e. The molecular weight excluding hydrogens is 247 g/mol. The highest BCUT2D eigenvalue weighted by molar-refractivity contribution is 14.1. The number of hydrogen-bond donors (Lipinski definition) is 0. The molecular formula is C10H19I. The quantitative estimate of drug-likeness (QED) is 0.456. The highest BCUT2D eigenvalue weighted by atomic mass is 127. The highest BCUT2D eigenvalue weighted by Gasteiger charge is 2.27. The van der Waals surface area contributed by atoms with E-state index in [1.807, 2.05) is 0 Å². The summed E-state index contributed by atoms with van der Waals surface area (Å²) in [7, 11) is 0. The second kappa shape index (κ2) is 4.11. The Morgan fingerprint density at radius 1 is 1.18 bits per heavy atom. The van der Waals surface area contributed by atoms with Gasteiger partial charge in [0.25, 0.3) is 0 Å². The average Bonchev–Trinajstić information content (AvgIpc) is 1.93. The van der Waals surface area contributed by atoms with Crippen LogP contribution < -0.4 is 0 Å². The molecule has 0 N–H and O–H groups in total. The van der Waals surface area contributed by atoms with Crippen LogP contribution in [0.1, 0.15) is 52.4 Å². The molecule has 1 aliphatic rings. The van der Waals surface area contributed by atoms with Crippen LogP contribution in [0.3, 0.4) is 0 Å². The SMILES string of the molecule is CC1CCCCCCC1(C)I. The molecule has 0 amide bonds. The summed E-state index contributed by atoms with van der Waals surface area (Å²) in [6.07, 6.45) is 8.71. The monoisotopic (exact) mass is 266 g/mol. The summed E-state index contributed by atoms with van der Waals surface area (Å²) in [5.74, 6) is 0.920. The predicted octanol–water partition coefficient (Wildman–Crippen LogP) is 4.17. The lowest BCUT2D eigenvalue weighted by molar-refractivity contribution is 0.350. The molecule has 2 unspecified atom stereocenters. The fourth-order valence-corrected chi connectivity index (χ4v) is 2.51. The van der Waals surface area contributed by atoms with Crippen LogP contribution >= 0.6 is 22.6 Å². The Hall–Kier alpha value is 0.730. The van der Waals surface area contributed by atoms with E-state index in [0.717, 1.165) is 5.92 Å². The van der Waals surface area contributed by atoms with E-state index < -0.39 is 0 Å². The Morgan fingerprint density at radius 2 is 1.82 bits per heavy atom. The van der Waals surface area contributed by atoms with E-state index in [1.54, 1.807) is 0 Å². The van der Waals surface area contributed by atoms with Crippen molar-refractivity contribution < 1.29 is 0 Å². The number of hydrogen-bond acceptors (Lipinski definition) is 0. The van der Waals surface area contributed by atoms with E-state index >= 15 is 0 Å². The molecule has 2 atom stereocenters. The molecule has 0 spiro atoms. The first kappa shape index (κ1) is 9.82. The minimum atomic E-state index is 0.582. The molecule has 0 nitrogen and oxygen atoms in total. The van der Waals surface area contributed by atoms with Gasteiger partial charge in [-0.1, -0.05) is 62.1 Å². The van der Waals surface area contributed by atoms with Crippen LogP contribution in [-0.4, -0.2) is 3.42 Å². The molecule has 66 valence electrons. The summed E-state index contributed by atoms with van der Waals surface area (Å²) < 4.78 is 0.582. The van der Waals surface area contributed by atoms with Gasteiger partial charge in [0, 0.05) is 3.42 Å². The summed E-state index contributed by atoms with van der Waals surface area (Å²) in [5, 5.41) is 0. The molecule has 0 aliphatic heterocycles. The van der Waals surface area contributed by atoms with Crippen molar-refractivity contribution in [1.82, 2.24) is 0 Å². The van der Waals surface area contributed by atoms with Crippen molar-refractivity contribution in [2.45, 2.75) is 55.8 Å². The maximum atomic E-state index is 2.66. The summed E-state index contributed by atoms with van der Waals surface area (Å²) in [6, 6.07) is 0. The van der Waals surface area contributed by atoms with Crippen molar-refractivity contribution in [2.24, 2.45) is 5.92 Å². The van der Waals surface area contributed by atoms with Gasteiger partial charge in [-0.2, -0.15) is 0 Å². The van der Waals surface area contributed by atoms with Crippen LogP contribution in [0, 0.1) is 5.92 Å². The van der Waals surface area contributed by atoms with Crippen molar-refractivity contribution in [3.8, 4) is 0 Å². The van der Waals surface area contributed by atoms with Crippen LogP contribution in [-0.2, 0) is 0 Å². The first-order valence-electron chi connectivity index (χ1n) is 4.82. The van der Waals surface area contributed by atoms with Crippen LogP contribution in [0.15, 0.2) is 0 Å². The van der Waals surface area contributed by atoms with Gasteiger partial charge in [-0.05, 0) is 18.8 Å². The first-order chi connectivity index (χ1) is 5.13. The molecule has 11 heavy (non-hydrogen) atoms. The zero-order valence-corrected chi connectivity index (χ0v) is 9.86. The molecule has 0 aromatic carbocycles. The Labute approximate surface area is 84.3 Å². The maximum Gasteiger partial charge on any atom is 0.0219 e. The highest BCUT2D eigenvalue weighted by Crippen LogP contribution is 2.38. The molecule has 1 aliphatic carbocycles. The van der Waals surface area contributed by atoms with Crippen molar-refractivity contribution in [3.63, 3.8) is 0 Å². The third kappa shape index (κ3) is 2.92. The largest absolute Gasteiger partial charge is 0.0789 e. The zero-order chi connectivity index (χ0) is 8.32. The van der Waals surface area contributed by atoms with Crippen molar-refractivity contribution in [3.05, 3.63) is 0 Å². The number of alkyl halides is 1. The van der Waals surface area contributed by atoms with E-state index in [9.17, 15) is 0 Å². The Bertz CT molecular complexity index is 118. The van der Waals surface area contributed by atoms with Gasteiger partial charge in [0.15, 0.2) is 0 Å². The van der Waals surface area contributed by atoms with Gasteiger partial charge in [-0.15, -0.1) is 0 Å². The molecule has 1 saturated carbocycles. The Balaban J connectivity index is 2.47. The van der Waals surface area contributed by atoms with Crippen LogP contribution in [0.4, 0.5) is 0 Å². The lowest BCUT2D eigenvalue weighted by atomic mass is 9.84. The summed E-state index contributed by atoms with van der Waals surface area (Å²) in [4.78, 5) is 0. The Morgan fingerprint density at radius 3 is 2.55 bits per heavy atom. The summed E-state index contributed by atoms with van der Waals surface area (Å²) in [5.41, 5.74) is 0. The average molecular weight is 266 g/mol. The van der Waals surface area contributed by atoms with Crippen LogP contribution in [0.5, 0.6) is 0 Å². The number of halogens is 1. The first-order valence-corrected chi connectivity index (χ1v) is 5.90. The van der Waals surface area contributed by atoms with Crippen molar-refractivity contribution in [2.75, 3.05) is 0 Å². The normalized spacial score (nSPS) is 41.2. The fraction of sp³-hybridized carbons (Fsp3) is 1.00. The fourth-order valence-electron chi connectivity index (χ4n) is 1.82. The van der Waals surface area contributed by atoms with Crippen molar-refractivity contribution >= 4 is 22.6 Å². The molecule has 0 radical (unpaired) electrons. The topological polar surface area (TPSA) is 0 Å². The maximum absolute atomic E-state index is 2.66. The van der Waals surface area contributed by atoms with Gasteiger partial charge in [-0.25, -0.2) is 0 Å². The number of rotatable bonds is 0. The van der Waals surface area contributed by atoms with Gasteiger partial charge in [0.1, 0.15) is 0 Å². The summed E-state index contributed by atoms with van der Waals surface area (Å²) >= 11 is 2.66. The van der Waals surface area contributed by atoms with Gasteiger partial charge in [-0.3, -0.25) is 0 Å². The molecule has 0 saturated heterocycles. The van der Waals surface area contributed by atoms with Gasteiger partial charge < -0.3 is 0 Å². The van der Waals surface area contributed by atoms with Gasteiger partial charge in [0.2, 0.25) is 0 Å². The van der Waals surface area contributed by atoms with Crippen LogP contribution in [0.2, 0.25) is 0 Å². The molecule has 0 heterocycles. The third-order valence-corrected chi connectivity index (χ3v) is 4.68. The van der Waals surface area contributed by atoms with Crippen molar-refractivity contribution in [1.29, 1.82) is 0 Å². The second-order valence-corrected chi connectivity index (χ2v) is 6.60. The van der Waals surface area contributed by atoms with Gasteiger partial charge >= 0.3 is 0 Å². The Kier molecular flexibility index (Phi) is 3.66. The molecule has 0 aromatic rings. The third-order valence-electron chi connectivity index (χ3n) is 3.08. The zero-order valence-electron chi connectivity index (χ0n) is 7.70. The van der Waals surface area contributed by atoms with Crippen LogP contribution in [0.25, 0.3) is 0 Å². The minimum Gasteiger partial charge on any atom is -0.0789 e.